The molecule has 0 heterocycles. The van der Waals surface area contributed by atoms with E-state index >= 15 is 0 Å². The van der Waals surface area contributed by atoms with Gasteiger partial charge in [-0.1, -0.05) is 12.1 Å². The summed E-state index contributed by atoms with van der Waals surface area (Å²) >= 11 is 0. The van der Waals surface area contributed by atoms with E-state index in [0.717, 1.165) is 12.1 Å². The predicted octanol–water partition coefficient (Wildman–Crippen LogP) is 4.02. The number of hydrogen-bond acceptors (Lipinski definition) is 2. The maximum absolute atomic E-state index is 11.9. The highest BCUT2D eigenvalue weighted by molar-refractivity contribution is 5.27. The van der Waals surface area contributed by atoms with Crippen molar-refractivity contribution in [3.05, 3.63) is 29.8 Å². The second-order valence-corrected chi connectivity index (χ2v) is 4.09. The molecule has 0 unspecified atom stereocenters. The molecule has 20 heavy (non-hydrogen) atoms. The van der Waals surface area contributed by atoms with Crippen LogP contribution in [0, 0.1) is 0 Å². The van der Waals surface area contributed by atoms with Gasteiger partial charge in [0.1, 0.15) is 5.75 Å². The lowest BCUT2D eigenvalue weighted by atomic mass is 10.2. The van der Waals surface area contributed by atoms with E-state index in [1.165, 1.54) is 12.1 Å². The van der Waals surface area contributed by atoms with Crippen molar-refractivity contribution in [1.82, 2.24) is 5.32 Å². The molecule has 0 spiro atoms. The number of rotatable bonds is 6. The van der Waals surface area contributed by atoms with Crippen LogP contribution in [0.4, 0.5) is 26.3 Å². The van der Waals surface area contributed by atoms with Crippen molar-refractivity contribution in [3.8, 4) is 5.75 Å². The van der Waals surface area contributed by atoms with Gasteiger partial charge in [-0.15, -0.1) is 13.2 Å². The zero-order chi connectivity index (χ0) is 15.2. The van der Waals surface area contributed by atoms with Crippen molar-refractivity contribution in [2.45, 2.75) is 31.9 Å². The molecule has 8 heteroatoms. The molecule has 0 aliphatic carbocycles. The number of alkyl halides is 6. The van der Waals surface area contributed by atoms with Crippen LogP contribution in [0.2, 0.25) is 0 Å². The fraction of sp³-hybridized carbons (Fsp3) is 0.500. The topological polar surface area (TPSA) is 21.3 Å². The molecule has 0 saturated carbocycles. The third-order valence-corrected chi connectivity index (χ3v) is 2.30. The smallest absolute Gasteiger partial charge is 0.406 e. The first-order valence-electron chi connectivity index (χ1n) is 5.78. The fourth-order valence-corrected chi connectivity index (χ4v) is 1.46. The molecule has 0 bridgehead atoms. The second kappa shape index (κ2) is 6.83. The molecule has 114 valence electrons. The number of nitrogens with one attached hydrogen (secondary N) is 1. The van der Waals surface area contributed by atoms with E-state index in [0.29, 0.717) is 5.56 Å². The molecule has 0 aliphatic heterocycles. The minimum absolute atomic E-state index is 0.0429. The molecule has 1 aromatic carbocycles. The van der Waals surface area contributed by atoms with Gasteiger partial charge in [-0.2, -0.15) is 13.2 Å². The van der Waals surface area contributed by atoms with E-state index in [1.807, 2.05) is 0 Å². The third-order valence-electron chi connectivity index (χ3n) is 2.30. The number of benzene rings is 1. The fourth-order valence-electron chi connectivity index (χ4n) is 1.46. The van der Waals surface area contributed by atoms with Gasteiger partial charge in [-0.05, 0) is 30.7 Å². The van der Waals surface area contributed by atoms with Crippen molar-refractivity contribution in [1.29, 1.82) is 0 Å². The van der Waals surface area contributed by atoms with Crippen LogP contribution in [0.25, 0.3) is 0 Å². The van der Waals surface area contributed by atoms with Gasteiger partial charge in [0, 0.05) is 13.0 Å². The van der Waals surface area contributed by atoms with E-state index in [9.17, 15) is 26.3 Å². The molecule has 0 amide bonds. The monoisotopic (exact) mass is 301 g/mol. The molecular formula is C12H13F6NO. The van der Waals surface area contributed by atoms with Crippen molar-refractivity contribution in [2.24, 2.45) is 0 Å². The van der Waals surface area contributed by atoms with Crippen LogP contribution in [-0.2, 0) is 6.54 Å². The summed E-state index contributed by atoms with van der Waals surface area (Å²) in [6.07, 6.45) is -9.81. The Morgan fingerprint density at radius 3 is 2.05 bits per heavy atom. The standard InChI is InChI=1S/C12H13F6NO/c13-11(14,15)6-1-7-19-8-9-2-4-10(5-3-9)20-12(16,17)18/h2-5,19H,1,6-8H2. The molecule has 0 fully saturated rings. The lowest BCUT2D eigenvalue weighted by Crippen LogP contribution is -2.18. The van der Waals surface area contributed by atoms with Crippen LogP contribution >= 0.6 is 0 Å². The Hall–Kier alpha value is -1.44. The molecule has 1 N–H and O–H groups in total. The zero-order valence-corrected chi connectivity index (χ0v) is 10.3. The van der Waals surface area contributed by atoms with Crippen molar-refractivity contribution < 1.29 is 31.1 Å². The number of hydrogen-bond donors (Lipinski definition) is 1. The van der Waals surface area contributed by atoms with Gasteiger partial charge in [0.25, 0.3) is 0 Å². The van der Waals surface area contributed by atoms with Crippen LogP contribution in [0.5, 0.6) is 5.75 Å². The largest absolute Gasteiger partial charge is 0.573 e. The summed E-state index contributed by atoms with van der Waals surface area (Å²) < 4.78 is 74.9. The van der Waals surface area contributed by atoms with Gasteiger partial charge in [0.2, 0.25) is 0 Å². The Morgan fingerprint density at radius 2 is 1.55 bits per heavy atom. The van der Waals surface area contributed by atoms with Crippen molar-refractivity contribution >= 4 is 0 Å². The molecule has 1 rings (SSSR count). The summed E-state index contributed by atoms with van der Waals surface area (Å²) in [7, 11) is 0. The summed E-state index contributed by atoms with van der Waals surface area (Å²) in [5, 5.41) is 2.78. The summed E-state index contributed by atoms with van der Waals surface area (Å²) in [5.41, 5.74) is 0.659. The molecule has 2 nitrogen and oxygen atoms in total. The SMILES string of the molecule is FC(F)(F)CCCNCc1ccc(OC(F)(F)F)cc1. The molecular weight excluding hydrogens is 288 g/mol. The van der Waals surface area contributed by atoms with E-state index in [-0.39, 0.29) is 25.3 Å². The highest BCUT2D eigenvalue weighted by Crippen LogP contribution is 2.23. The minimum atomic E-state index is -4.74. The van der Waals surface area contributed by atoms with E-state index in [4.69, 9.17) is 0 Å². The lowest BCUT2D eigenvalue weighted by Gasteiger charge is -2.10. The summed E-state index contributed by atoms with van der Waals surface area (Å²) in [6.45, 7) is 0.463. The zero-order valence-electron chi connectivity index (χ0n) is 10.3. The molecule has 1 aromatic rings. The third kappa shape index (κ3) is 7.88. The first-order valence-corrected chi connectivity index (χ1v) is 5.78. The van der Waals surface area contributed by atoms with Crippen LogP contribution in [0.15, 0.2) is 24.3 Å². The minimum Gasteiger partial charge on any atom is -0.406 e. The van der Waals surface area contributed by atoms with Gasteiger partial charge in [0.15, 0.2) is 0 Å². The first kappa shape index (κ1) is 16.6. The molecule has 0 aliphatic rings. The highest BCUT2D eigenvalue weighted by atomic mass is 19.4. The number of halogens is 6. The van der Waals surface area contributed by atoms with E-state index < -0.39 is 19.0 Å². The van der Waals surface area contributed by atoms with Crippen LogP contribution in [0.3, 0.4) is 0 Å². The van der Waals surface area contributed by atoms with Gasteiger partial charge >= 0.3 is 12.5 Å². The highest BCUT2D eigenvalue weighted by Gasteiger charge is 2.30. The first-order chi connectivity index (χ1) is 9.16. The summed E-state index contributed by atoms with van der Waals surface area (Å²) in [4.78, 5) is 0. The van der Waals surface area contributed by atoms with E-state index in [1.54, 1.807) is 0 Å². The Morgan fingerprint density at radius 1 is 0.950 bits per heavy atom. The van der Waals surface area contributed by atoms with Crippen molar-refractivity contribution in [3.63, 3.8) is 0 Å². The predicted molar refractivity (Wildman–Crippen MR) is 60.1 cm³/mol. The van der Waals surface area contributed by atoms with E-state index in [2.05, 4.69) is 10.1 Å². The summed E-state index contributed by atoms with van der Waals surface area (Å²) in [6, 6.07) is 5.14. The summed E-state index contributed by atoms with van der Waals surface area (Å²) in [5.74, 6) is -0.335. The molecule has 0 aromatic heterocycles. The second-order valence-electron chi connectivity index (χ2n) is 4.09. The maximum atomic E-state index is 11.9. The van der Waals surface area contributed by atoms with Gasteiger partial charge in [-0.25, -0.2) is 0 Å². The Bertz CT molecular complexity index is 398. The molecule has 0 radical (unpaired) electrons. The number of ether oxygens (including phenoxy) is 1. The molecule has 0 saturated heterocycles. The van der Waals surface area contributed by atoms with Crippen LogP contribution in [0.1, 0.15) is 18.4 Å². The average Bonchev–Trinajstić information content (AvgIpc) is 2.27. The normalized spacial score (nSPS) is 12.5. The van der Waals surface area contributed by atoms with Gasteiger partial charge in [-0.3, -0.25) is 0 Å². The Labute approximate surface area is 111 Å². The Balaban J connectivity index is 2.28. The van der Waals surface area contributed by atoms with Crippen LogP contribution < -0.4 is 10.1 Å². The quantitative estimate of drug-likeness (QED) is 0.633. The lowest BCUT2D eigenvalue weighted by molar-refractivity contribution is -0.274. The van der Waals surface area contributed by atoms with Crippen molar-refractivity contribution in [2.75, 3.05) is 6.54 Å². The van der Waals surface area contributed by atoms with Crippen LogP contribution in [-0.4, -0.2) is 19.1 Å². The maximum Gasteiger partial charge on any atom is 0.573 e. The average molecular weight is 301 g/mol. The van der Waals surface area contributed by atoms with Gasteiger partial charge < -0.3 is 10.1 Å². The Kier molecular flexibility index (Phi) is 5.67. The van der Waals surface area contributed by atoms with Gasteiger partial charge in [0.05, 0.1) is 0 Å². The molecule has 0 atom stereocenters.